The first-order valence-electron chi connectivity index (χ1n) is 10.7. The molecule has 1 aliphatic rings. The number of hydrogen-bond donors (Lipinski definition) is 2. The first-order chi connectivity index (χ1) is 14.6. The molecule has 3 rings (SSSR count). The van der Waals surface area contributed by atoms with Crippen LogP contribution in [-0.4, -0.2) is 49.2 Å². The maximum absolute atomic E-state index is 11.9. The number of ether oxygens (including phenoxy) is 1. The molecule has 0 aliphatic carbocycles. The van der Waals surface area contributed by atoms with Crippen LogP contribution in [0.15, 0.2) is 52.1 Å². The molecule has 0 saturated carbocycles. The van der Waals surface area contributed by atoms with Crippen molar-refractivity contribution < 1.29 is 13.9 Å². The van der Waals surface area contributed by atoms with E-state index >= 15 is 0 Å². The third-order valence-electron chi connectivity index (χ3n) is 5.15. The number of piperidine rings is 1. The fourth-order valence-corrected chi connectivity index (χ4v) is 3.39. The summed E-state index contributed by atoms with van der Waals surface area (Å²) in [7, 11) is 0. The zero-order valence-corrected chi connectivity index (χ0v) is 20.6. The van der Waals surface area contributed by atoms with Gasteiger partial charge in [0.2, 0.25) is 0 Å². The molecule has 0 atom stereocenters. The highest BCUT2D eigenvalue weighted by molar-refractivity contribution is 14.0. The number of hydrogen-bond acceptors (Lipinski definition) is 4. The summed E-state index contributed by atoms with van der Waals surface area (Å²) in [4.78, 5) is 18.5. The van der Waals surface area contributed by atoms with E-state index in [1.54, 1.807) is 11.2 Å². The predicted octanol–water partition coefficient (Wildman–Crippen LogP) is 4.10. The van der Waals surface area contributed by atoms with E-state index in [4.69, 9.17) is 14.1 Å². The summed E-state index contributed by atoms with van der Waals surface area (Å²) in [6.45, 7) is 7.04. The monoisotopic (exact) mass is 540 g/mol. The van der Waals surface area contributed by atoms with Crippen LogP contribution in [0, 0.1) is 6.92 Å². The molecular weight excluding hydrogens is 507 g/mol. The number of guanidine groups is 1. The van der Waals surface area contributed by atoms with Crippen molar-refractivity contribution in [2.75, 3.05) is 26.2 Å². The lowest BCUT2D eigenvalue weighted by molar-refractivity contribution is 0.0963. The molecule has 2 heterocycles. The van der Waals surface area contributed by atoms with E-state index < -0.39 is 0 Å². The number of aliphatic imine (C=N–C) groups is 1. The largest absolute Gasteiger partial charge is 0.469 e. The molecule has 1 aromatic heterocycles. The normalized spacial score (nSPS) is 14.6. The molecule has 7 nitrogen and oxygen atoms in total. The molecular formula is C23H33IN4O3. The van der Waals surface area contributed by atoms with E-state index in [2.05, 4.69) is 41.8 Å². The Morgan fingerprint density at radius 2 is 1.97 bits per heavy atom. The van der Waals surface area contributed by atoms with Crippen LogP contribution in [0.25, 0.3) is 0 Å². The first kappa shape index (κ1) is 25.0. The van der Waals surface area contributed by atoms with Gasteiger partial charge in [0.1, 0.15) is 5.76 Å². The Balaban J connectivity index is 0.00000341. The van der Waals surface area contributed by atoms with E-state index in [9.17, 15) is 4.79 Å². The van der Waals surface area contributed by atoms with Gasteiger partial charge in [0.15, 0.2) is 5.96 Å². The van der Waals surface area contributed by atoms with Crippen molar-refractivity contribution in [3.05, 3.63) is 59.5 Å². The van der Waals surface area contributed by atoms with Gasteiger partial charge in [0.25, 0.3) is 0 Å². The molecule has 1 fully saturated rings. The fourth-order valence-electron chi connectivity index (χ4n) is 3.39. The first-order valence-corrected chi connectivity index (χ1v) is 10.7. The maximum Gasteiger partial charge on any atom is 0.409 e. The van der Waals surface area contributed by atoms with Crippen LogP contribution >= 0.6 is 24.0 Å². The number of carbonyl (C=O) groups excluding carboxylic acids is 1. The van der Waals surface area contributed by atoms with Crippen LogP contribution in [0.3, 0.4) is 0 Å². The molecule has 1 aromatic carbocycles. The lowest BCUT2D eigenvalue weighted by Gasteiger charge is -2.32. The van der Waals surface area contributed by atoms with E-state index in [0.717, 1.165) is 37.5 Å². The minimum absolute atomic E-state index is 0. The lowest BCUT2D eigenvalue weighted by atomic mass is 10.1. The topological polar surface area (TPSA) is 79.1 Å². The molecule has 1 amide bonds. The summed E-state index contributed by atoms with van der Waals surface area (Å²) in [5.41, 5.74) is 2.41. The van der Waals surface area contributed by atoms with E-state index in [1.807, 2.05) is 19.1 Å². The summed E-state index contributed by atoms with van der Waals surface area (Å²) in [6, 6.07) is 12.6. The average Bonchev–Trinajstić information content (AvgIpc) is 3.27. The van der Waals surface area contributed by atoms with Crippen molar-refractivity contribution in [3.63, 3.8) is 0 Å². The Morgan fingerprint density at radius 1 is 1.23 bits per heavy atom. The van der Waals surface area contributed by atoms with Crippen LogP contribution in [0.4, 0.5) is 4.79 Å². The van der Waals surface area contributed by atoms with Gasteiger partial charge in [-0.25, -0.2) is 9.79 Å². The average molecular weight is 540 g/mol. The fraction of sp³-hybridized carbons (Fsp3) is 0.478. The third-order valence-corrected chi connectivity index (χ3v) is 5.15. The Bertz CT molecular complexity index is 801. The summed E-state index contributed by atoms with van der Waals surface area (Å²) >= 11 is 0. The zero-order chi connectivity index (χ0) is 21.2. The quantitative estimate of drug-likeness (QED) is 0.314. The van der Waals surface area contributed by atoms with E-state index in [1.165, 1.54) is 11.1 Å². The van der Waals surface area contributed by atoms with Crippen molar-refractivity contribution in [1.29, 1.82) is 0 Å². The summed E-state index contributed by atoms with van der Waals surface area (Å²) in [6.07, 6.45) is 3.99. The van der Waals surface area contributed by atoms with Gasteiger partial charge in [0, 0.05) is 32.1 Å². The molecule has 8 heteroatoms. The number of benzene rings is 1. The second kappa shape index (κ2) is 13.2. The number of aryl methyl sites for hydroxylation is 1. The number of amides is 1. The minimum atomic E-state index is -0.221. The van der Waals surface area contributed by atoms with Gasteiger partial charge in [-0.05, 0) is 44.4 Å². The van der Waals surface area contributed by atoms with Gasteiger partial charge >= 0.3 is 6.09 Å². The lowest BCUT2D eigenvalue weighted by Crippen LogP contribution is -2.50. The van der Waals surface area contributed by atoms with E-state index in [0.29, 0.717) is 26.2 Å². The Hall–Kier alpha value is -2.23. The molecule has 0 unspecified atom stereocenters. The van der Waals surface area contributed by atoms with Gasteiger partial charge in [-0.2, -0.15) is 0 Å². The molecule has 0 spiro atoms. The van der Waals surface area contributed by atoms with Gasteiger partial charge in [-0.15, -0.1) is 24.0 Å². The van der Waals surface area contributed by atoms with Crippen molar-refractivity contribution in [2.45, 2.75) is 45.7 Å². The maximum atomic E-state index is 11.9. The zero-order valence-electron chi connectivity index (χ0n) is 18.3. The molecule has 31 heavy (non-hydrogen) atoms. The summed E-state index contributed by atoms with van der Waals surface area (Å²) in [5.74, 6) is 1.74. The predicted molar refractivity (Wildman–Crippen MR) is 133 cm³/mol. The standard InChI is InChI=1S/C23H32N4O3.HI/c1-3-29-23(28)27-14-11-20(12-15-27)26-22(24-13-10-21-5-4-16-30-21)25-17-19-8-6-18(2)7-9-19;/h4-9,16,20H,3,10-15,17H2,1-2H3,(H2,24,25,26);1H. The number of carbonyl (C=O) groups is 1. The molecule has 170 valence electrons. The van der Waals surface area contributed by atoms with Crippen LogP contribution in [0.5, 0.6) is 0 Å². The van der Waals surface area contributed by atoms with Crippen molar-refractivity contribution in [2.24, 2.45) is 4.99 Å². The number of nitrogens with one attached hydrogen (secondary N) is 2. The highest BCUT2D eigenvalue weighted by Gasteiger charge is 2.24. The number of nitrogens with zero attached hydrogens (tertiary/aromatic N) is 2. The molecule has 2 aromatic rings. The minimum Gasteiger partial charge on any atom is -0.469 e. The number of rotatable bonds is 7. The smallest absolute Gasteiger partial charge is 0.409 e. The second-order valence-corrected chi connectivity index (χ2v) is 7.51. The summed E-state index contributed by atoms with van der Waals surface area (Å²) < 4.78 is 10.5. The molecule has 2 N–H and O–H groups in total. The van der Waals surface area contributed by atoms with Crippen LogP contribution in [0.2, 0.25) is 0 Å². The van der Waals surface area contributed by atoms with Crippen molar-refractivity contribution in [1.82, 2.24) is 15.5 Å². The Morgan fingerprint density at radius 3 is 2.61 bits per heavy atom. The van der Waals surface area contributed by atoms with Crippen LogP contribution < -0.4 is 10.6 Å². The van der Waals surface area contributed by atoms with Gasteiger partial charge in [0.05, 0.1) is 19.4 Å². The Labute approximate surface area is 201 Å². The van der Waals surface area contributed by atoms with Gasteiger partial charge in [-0.3, -0.25) is 0 Å². The van der Waals surface area contributed by atoms with Crippen molar-refractivity contribution in [3.8, 4) is 0 Å². The summed E-state index contributed by atoms with van der Waals surface area (Å²) in [5, 5.41) is 6.95. The SMILES string of the molecule is CCOC(=O)N1CCC(NC(=NCc2ccc(C)cc2)NCCc2ccco2)CC1.I. The van der Waals surface area contributed by atoms with Crippen LogP contribution in [0.1, 0.15) is 36.7 Å². The van der Waals surface area contributed by atoms with Gasteiger partial charge in [-0.1, -0.05) is 29.8 Å². The highest BCUT2D eigenvalue weighted by Crippen LogP contribution is 2.12. The Kier molecular flexibility index (Phi) is 10.7. The van der Waals surface area contributed by atoms with Crippen molar-refractivity contribution >= 4 is 36.0 Å². The van der Waals surface area contributed by atoms with Gasteiger partial charge < -0.3 is 24.7 Å². The number of likely N-dealkylation sites (tertiary alicyclic amines) is 1. The van der Waals surface area contributed by atoms with Crippen LogP contribution in [-0.2, 0) is 17.7 Å². The molecule has 1 aliphatic heterocycles. The molecule has 1 saturated heterocycles. The number of halogens is 1. The number of furan rings is 1. The van der Waals surface area contributed by atoms with E-state index in [-0.39, 0.29) is 36.1 Å². The molecule has 0 radical (unpaired) electrons. The second-order valence-electron chi connectivity index (χ2n) is 7.51. The highest BCUT2D eigenvalue weighted by atomic mass is 127. The molecule has 0 bridgehead atoms. The third kappa shape index (κ3) is 8.43.